The fraction of sp³-hybridized carbons (Fsp3) is 0. The molecular weight excluding hydrogens is 460 g/mol. The Bertz CT molecular complexity index is 1590. The molecular formula is C29H19ClN2O3. The van der Waals surface area contributed by atoms with Gasteiger partial charge in [-0.25, -0.2) is 10.2 Å². The minimum Gasteiger partial charge on any atom is -0.422 e. The van der Waals surface area contributed by atoms with Gasteiger partial charge in [-0.05, 0) is 57.9 Å². The number of amides is 1. The van der Waals surface area contributed by atoms with Crippen molar-refractivity contribution in [2.75, 3.05) is 0 Å². The molecule has 0 radical (unpaired) electrons. The van der Waals surface area contributed by atoms with Crippen LogP contribution < -0.4 is 10.2 Å². The molecule has 0 spiro atoms. The number of hydrogen-bond donors (Lipinski definition) is 1. The zero-order chi connectivity index (χ0) is 24.2. The molecule has 0 fully saturated rings. The third-order valence-electron chi connectivity index (χ3n) is 5.61. The number of nitrogens with one attached hydrogen (secondary N) is 1. The van der Waals surface area contributed by atoms with Crippen LogP contribution in [0.15, 0.2) is 108 Å². The van der Waals surface area contributed by atoms with Gasteiger partial charge in [0.25, 0.3) is 5.91 Å². The molecule has 0 aliphatic heterocycles. The Hall–Kier alpha value is -4.48. The first kappa shape index (κ1) is 22.3. The molecule has 0 aliphatic rings. The van der Waals surface area contributed by atoms with Crippen LogP contribution in [0, 0.1) is 0 Å². The lowest BCUT2D eigenvalue weighted by Crippen LogP contribution is -2.18. The molecule has 5 aromatic rings. The Morgan fingerprint density at radius 2 is 1.40 bits per heavy atom. The third-order valence-corrected chi connectivity index (χ3v) is 5.86. The third kappa shape index (κ3) is 4.76. The summed E-state index contributed by atoms with van der Waals surface area (Å²) in [4.78, 5) is 25.6. The van der Waals surface area contributed by atoms with E-state index in [0.717, 1.165) is 21.5 Å². The lowest BCUT2D eigenvalue weighted by molar-refractivity contribution is 0.0734. The van der Waals surface area contributed by atoms with Gasteiger partial charge in [0, 0.05) is 16.1 Å². The molecule has 6 heteroatoms. The van der Waals surface area contributed by atoms with Crippen molar-refractivity contribution in [3.63, 3.8) is 0 Å². The number of rotatable bonds is 5. The minimum atomic E-state index is -0.522. The van der Waals surface area contributed by atoms with Crippen molar-refractivity contribution >= 4 is 51.2 Å². The summed E-state index contributed by atoms with van der Waals surface area (Å²) in [5.41, 5.74) is 4.06. The highest BCUT2D eigenvalue weighted by Gasteiger charge is 2.14. The summed E-state index contributed by atoms with van der Waals surface area (Å²) in [7, 11) is 0. The maximum atomic E-state index is 12.9. The summed E-state index contributed by atoms with van der Waals surface area (Å²) in [5.74, 6) is -0.531. The molecule has 0 aliphatic carbocycles. The van der Waals surface area contributed by atoms with Gasteiger partial charge in [0.1, 0.15) is 5.75 Å². The Kier molecular flexibility index (Phi) is 6.24. The first-order valence-corrected chi connectivity index (χ1v) is 11.3. The maximum Gasteiger partial charge on any atom is 0.343 e. The highest BCUT2D eigenvalue weighted by molar-refractivity contribution is 6.30. The van der Waals surface area contributed by atoms with Gasteiger partial charge < -0.3 is 4.74 Å². The van der Waals surface area contributed by atoms with E-state index in [4.69, 9.17) is 16.3 Å². The van der Waals surface area contributed by atoms with E-state index in [1.807, 2.05) is 66.7 Å². The molecule has 170 valence electrons. The van der Waals surface area contributed by atoms with Crippen molar-refractivity contribution in [1.29, 1.82) is 0 Å². The van der Waals surface area contributed by atoms with Gasteiger partial charge in [0.05, 0.1) is 11.8 Å². The van der Waals surface area contributed by atoms with Crippen LogP contribution in [0.3, 0.4) is 0 Å². The second kappa shape index (κ2) is 9.79. The lowest BCUT2D eigenvalue weighted by atomic mass is 10.0. The van der Waals surface area contributed by atoms with E-state index in [1.54, 1.807) is 36.4 Å². The van der Waals surface area contributed by atoms with Crippen LogP contribution >= 0.6 is 11.6 Å². The summed E-state index contributed by atoms with van der Waals surface area (Å²) in [5, 5.41) is 8.30. The zero-order valence-corrected chi connectivity index (χ0v) is 19.2. The molecule has 0 atom stereocenters. The van der Waals surface area contributed by atoms with E-state index >= 15 is 0 Å². The average Bonchev–Trinajstić information content (AvgIpc) is 2.89. The summed E-state index contributed by atoms with van der Waals surface area (Å²) in [6, 6.07) is 30.9. The van der Waals surface area contributed by atoms with Gasteiger partial charge in [-0.3, -0.25) is 4.79 Å². The second-order valence-electron chi connectivity index (χ2n) is 7.82. The van der Waals surface area contributed by atoms with Gasteiger partial charge in [-0.15, -0.1) is 0 Å². The van der Waals surface area contributed by atoms with E-state index in [1.165, 1.54) is 6.21 Å². The Morgan fingerprint density at radius 1 is 0.743 bits per heavy atom. The number of nitrogens with zero attached hydrogens (tertiary/aromatic N) is 1. The Labute approximate surface area is 206 Å². The number of esters is 1. The van der Waals surface area contributed by atoms with Crippen molar-refractivity contribution in [2.24, 2.45) is 5.10 Å². The van der Waals surface area contributed by atoms with Crippen molar-refractivity contribution in [3.8, 4) is 5.75 Å². The molecule has 0 saturated carbocycles. The van der Waals surface area contributed by atoms with E-state index in [9.17, 15) is 9.59 Å². The fourth-order valence-electron chi connectivity index (χ4n) is 3.88. The predicted octanol–water partition coefficient (Wildman–Crippen LogP) is 6.63. The monoisotopic (exact) mass is 478 g/mol. The first-order chi connectivity index (χ1) is 17.1. The van der Waals surface area contributed by atoms with Gasteiger partial charge in [-0.1, -0.05) is 78.3 Å². The first-order valence-electron chi connectivity index (χ1n) is 10.9. The van der Waals surface area contributed by atoms with E-state index in [2.05, 4.69) is 10.5 Å². The number of halogens is 1. The molecule has 0 bridgehead atoms. The molecule has 5 rings (SSSR count). The van der Waals surface area contributed by atoms with Crippen LogP contribution in [0.1, 0.15) is 26.3 Å². The van der Waals surface area contributed by atoms with Crippen LogP contribution in [0.5, 0.6) is 5.75 Å². The molecule has 35 heavy (non-hydrogen) atoms. The van der Waals surface area contributed by atoms with Crippen LogP contribution in [0.2, 0.25) is 5.02 Å². The largest absolute Gasteiger partial charge is 0.422 e. The van der Waals surface area contributed by atoms with Gasteiger partial charge in [-0.2, -0.15) is 5.10 Å². The van der Waals surface area contributed by atoms with Crippen LogP contribution in [-0.2, 0) is 0 Å². The number of hydrogen-bond acceptors (Lipinski definition) is 4. The van der Waals surface area contributed by atoms with Gasteiger partial charge in [0.15, 0.2) is 0 Å². The van der Waals surface area contributed by atoms with Gasteiger partial charge >= 0.3 is 5.97 Å². The summed E-state index contributed by atoms with van der Waals surface area (Å²) in [6.45, 7) is 0. The molecule has 0 aromatic heterocycles. The predicted molar refractivity (Wildman–Crippen MR) is 139 cm³/mol. The SMILES string of the molecule is O=C(Oc1ccc2ccccc2c1C=NNC(=O)c1cccc2ccccc12)c1ccc(Cl)cc1. The number of hydrazone groups is 1. The maximum absolute atomic E-state index is 12.9. The molecule has 5 nitrogen and oxygen atoms in total. The number of benzene rings is 5. The van der Waals surface area contributed by atoms with E-state index in [0.29, 0.717) is 27.5 Å². The van der Waals surface area contributed by atoms with E-state index in [-0.39, 0.29) is 5.91 Å². The van der Waals surface area contributed by atoms with Crippen molar-refractivity contribution in [1.82, 2.24) is 5.43 Å². The molecule has 5 aromatic carbocycles. The highest BCUT2D eigenvalue weighted by atomic mass is 35.5. The van der Waals surface area contributed by atoms with Crippen LogP contribution in [0.25, 0.3) is 21.5 Å². The van der Waals surface area contributed by atoms with Crippen LogP contribution in [0.4, 0.5) is 0 Å². The molecule has 1 amide bonds. The van der Waals surface area contributed by atoms with Crippen LogP contribution in [-0.4, -0.2) is 18.1 Å². The normalized spacial score (nSPS) is 11.1. The molecule has 0 saturated heterocycles. The molecule has 1 N–H and O–H groups in total. The number of ether oxygens (including phenoxy) is 1. The highest BCUT2D eigenvalue weighted by Crippen LogP contribution is 2.28. The summed E-state index contributed by atoms with van der Waals surface area (Å²) >= 11 is 5.92. The fourth-order valence-corrected chi connectivity index (χ4v) is 4.01. The summed E-state index contributed by atoms with van der Waals surface area (Å²) < 4.78 is 5.69. The average molecular weight is 479 g/mol. The minimum absolute atomic E-state index is 0.326. The summed E-state index contributed by atoms with van der Waals surface area (Å²) in [6.07, 6.45) is 1.50. The lowest BCUT2D eigenvalue weighted by Gasteiger charge is -2.11. The Balaban J connectivity index is 1.45. The van der Waals surface area contributed by atoms with E-state index < -0.39 is 5.97 Å². The molecule has 0 unspecified atom stereocenters. The van der Waals surface area contributed by atoms with Crippen molar-refractivity contribution in [3.05, 3.63) is 125 Å². The standard InChI is InChI=1S/C29H19ClN2O3/c30-22-15-12-21(13-16-22)29(34)35-27-17-14-20-7-2-4-10-24(20)26(27)18-31-32-28(33)25-11-5-8-19-6-1-3-9-23(19)25/h1-18H,(H,32,33). The van der Waals surface area contributed by atoms with Crippen molar-refractivity contribution in [2.45, 2.75) is 0 Å². The van der Waals surface area contributed by atoms with Crippen molar-refractivity contribution < 1.29 is 14.3 Å². The topological polar surface area (TPSA) is 67.8 Å². The Morgan fingerprint density at radius 3 is 2.17 bits per heavy atom. The molecule has 0 heterocycles. The number of carbonyl (C=O) groups is 2. The number of fused-ring (bicyclic) bond motifs is 2. The smallest absolute Gasteiger partial charge is 0.343 e. The quantitative estimate of drug-likeness (QED) is 0.133. The number of carbonyl (C=O) groups excluding carboxylic acids is 2. The zero-order valence-electron chi connectivity index (χ0n) is 18.4. The second-order valence-corrected chi connectivity index (χ2v) is 8.26. The van der Waals surface area contributed by atoms with Gasteiger partial charge in [0.2, 0.25) is 0 Å².